The van der Waals surface area contributed by atoms with E-state index in [2.05, 4.69) is 4.84 Å². The maximum absolute atomic E-state index is 12.1. The number of aromatic nitrogens is 1. The van der Waals surface area contributed by atoms with Gasteiger partial charge in [0.25, 0.3) is 0 Å². The number of esters is 1. The Hall–Kier alpha value is -2.60. The monoisotopic (exact) mass is 302 g/mol. The lowest BCUT2D eigenvalue weighted by Gasteiger charge is -2.14. The summed E-state index contributed by atoms with van der Waals surface area (Å²) in [6.45, 7) is 0.602. The Morgan fingerprint density at radius 1 is 1.05 bits per heavy atom. The summed E-state index contributed by atoms with van der Waals surface area (Å²) in [5, 5.41) is 0. The van der Waals surface area contributed by atoms with E-state index in [4.69, 9.17) is 10.6 Å². The summed E-state index contributed by atoms with van der Waals surface area (Å²) in [7, 11) is 0. The van der Waals surface area contributed by atoms with Gasteiger partial charge in [-0.3, -0.25) is 4.79 Å². The van der Waals surface area contributed by atoms with E-state index in [9.17, 15) is 9.59 Å². The van der Waals surface area contributed by atoms with Gasteiger partial charge in [-0.15, -0.1) is 0 Å². The topological polar surface area (TPSA) is 83.5 Å². The Kier molecular flexibility index (Phi) is 5.73. The third-order valence-corrected chi connectivity index (χ3v) is 3.25. The highest BCUT2D eigenvalue weighted by atomic mass is 16.7. The van der Waals surface area contributed by atoms with Gasteiger partial charge >= 0.3 is 11.9 Å². The Bertz CT molecular complexity index is 596. The van der Waals surface area contributed by atoms with Crippen LogP contribution in [-0.4, -0.2) is 16.5 Å². The first-order chi connectivity index (χ1) is 10.7. The number of hydrogen-bond donors (Lipinski definition) is 1. The highest BCUT2D eigenvalue weighted by molar-refractivity contribution is 5.94. The molecule has 0 aliphatic heterocycles. The highest BCUT2D eigenvalue weighted by Gasteiger charge is 2.29. The summed E-state index contributed by atoms with van der Waals surface area (Å²) in [5.41, 5.74) is 0.848. The number of nitrogens with zero attached hydrogens (tertiary/aromatic N) is 1. The molecule has 2 aromatic rings. The first kappa shape index (κ1) is 15.8. The standard InChI is InChI=1S/C16H18N2O4/c17-22-16(20)14(8-11-18-9-4-5-10-18)15(19)21-12-13-6-2-1-3-7-13/h1-7,9-10,14H,8,11-12,17H2/t14-/m0/s1. The first-order valence-electron chi connectivity index (χ1n) is 6.92. The van der Waals surface area contributed by atoms with Crippen LogP contribution in [0.4, 0.5) is 0 Å². The summed E-state index contributed by atoms with van der Waals surface area (Å²) in [6.07, 6.45) is 3.96. The molecule has 1 aromatic carbocycles. The molecule has 1 atom stereocenters. The Morgan fingerprint density at radius 2 is 1.73 bits per heavy atom. The first-order valence-corrected chi connectivity index (χ1v) is 6.92. The largest absolute Gasteiger partial charge is 0.460 e. The minimum absolute atomic E-state index is 0.109. The summed E-state index contributed by atoms with van der Waals surface area (Å²) in [5.74, 6) is 2.45. The van der Waals surface area contributed by atoms with Gasteiger partial charge in [-0.25, -0.2) is 4.79 Å². The van der Waals surface area contributed by atoms with Crippen molar-refractivity contribution < 1.29 is 19.2 Å². The second kappa shape index (κ2) is 7.99. The molecule has 0 spiro atoms. The molecule has 6 heteroatoms. The average molecular weight is 302 g/mol. The fraction of sp³-hybridized carbons (Fsp3) is 0.250. The van der Waals surface area contributed by atoms with Crippen LogP contribution < -0.4 is 5.90 Å². The quantitative estimate of drug-likeness (QED) is 0.478. The van der Waals surface area contributed by atoms with Crippen LogP contribution in [0.3, 0.4) is 0 Å². The van der Waals surface area contributed by atoms with E-state index in [1.165, 1.54) is 0 Å². The number of nitrogens with two attached hydrogens (primary N) is 1. The minimum Gasteiger partial charge on any atom is -0.460 e. The number of carbonyl (C=O) groups excluding carboxylic acids is 2. The van der Waals surface area contributed by atoms with Crippen molar-refractivity contribution in [3.63, 3.8) is 0 Å². The van der Waals surface area contributed by atoms with Crippen LogP contribution in [0.2, 0.25) is 0 Å². The van der Waals surface area contributed by atoms with Crippen molar-refractivity contribution in [2.24, 2.45) is 11.8 Å². The van der Waals surface area contributed by atoms with E-state index >= 15 is 0 Å². The Morgan fingerprint density at radius 3 is 2.36 bits per heavy atom. The molecule has 0 aliphatic rings. The molecule has 116 valence electrons. The predicted octanol–water partition coefficient (Wildman–Crippen LogP) is 1.65. The second-order valence-electron chi connectivity index (χ2n) is 4.79. The smallest absolute Gasteiger partial charge is 0.338 e. The van der Waals surface area contributed by atoms with E-state index in [1.807, 2.05) is 59.4 Å². The van der Waals surface area contributed by atoms with E-state index in [-0.39, 0.29) is 13.0 Å². The van der Waals surface area contributed by atoms with Gasteiger partial charge in [0, 0.05) is 18.9 Å². The molecule has 2 N–H and O–H groups in total. The summed E-state index contributed by atoms with van der Waals surface area (Å²) in [4.78, 5) is 28.0. The predicted molar refractivity (Wildman–Crippen MR) is 79.1 cm³/mol. The number of benzene rings is 1. The normalized spacial score (nSPS) is 11.7. The summed E-state index contributed by atoms with van der Waals surface area (Å²) in [6, 6.07) is 13.0. The molecule has 0 aliphatic carbocycles. The molecule has 0 saturated carbocycles. The number of aryl methyl sites for hydroxylation is 1. The summed E-state index contributed by atoms with van der Waals surface area (Å²) >= 11 is 0. The van der Waals surface area contributed by atoms with Crippen molar-refractivity contribution in [1.82, 2.24) is 4.57 Å². The van der Waals surface area contributed by atoms with Gasteiger partial charge < -0.3 is 14.1 Å². The van der Waals surface area contributed by atoms with E-state index in [0.29, 0.717) is 6.54 Å². The van der Waals surface area contributed by atoms with Crippen molar-refractivity contribution in [2.45, 2.75) is 19.6 Å². The van der Waals surface area contributed by atoms with Gasteiger partial charge in [0.15, 0.2) is 5.92 Å². The maximum atomic E-state index is 12.1. The maximum Gasteiger partial charge on any atom is 0.338 e. The number of hydrogen-bond acceptors (Lipinski definition) is 5. The van der Waals surface area contributed by atoms with E-state index < -0.39 is 17.9 Å². The zero-order chi connectivity index (χ0) is 15.8. The Balaban J connectivity index is 1.92. The van der Waals surface area contributed by atoms with Crippen LogP contribution in [0.25, 0.3) is 0 Å². The van der Waals surface area contributed by atoms with Gasteiger partial charge in [0.05, 0.1) is 0 Å². The van der Waals surface area contributed by atoms with Crippen LogP contribution >= 0.6 is 0 Å². The molecule has 0 fully saturated rings. The van der Waals surface area contributed by atoms with Crippen LogP contribution in [0.1, 0.15) is 12.0 Å². The molecule has 0 radical (unpaired) electrons. The van der Waals surface area contributed by atoms with Crippen molar-refractivity contribution in [1.29, 1.82) is 0 Å². The molecule has 2 rings (SSSR count). The van der Waals surface area contributed by atoms with Gasteiger partial charge in [-0.1, -0.05) is 30.3 Å². The molecule has 0 bridgehead atoms. The fourth-order valence-electron chi connectivity index (χ4n) is 2.04. The summed E-state index contributed by atoms with van der Waals surface area (Å²) < 4.78 is 7.04. The van der Waals surface area contributed by atoms with Gasteiger partial charge in [-0.05, 0) is 24.1 Å². The fourth-order valence-corrected chi connectivity index (χ4v) is 2.04. The van der Waals surface area contributed by atoms with Crippen LogP contribution in [0.5, 0.6) is 0 Å². The number of rotatable bonds is 7. The second-order valence-corrected chi connectivity index (χ2v) is 4.79. The molecular weight excluding hydrogens is 284 g/mol. The molecule has 22 heavy (non-hydrogen) atoms. The molecular formula is C16H18N2O4. The SMILES string of the molecule is NOC(=O)[C@@H](CCn1cccc1)C(=O)OCc1ccccc1. The van der Waals surface area contributed by atoms with Crippen molar-refractivity contribution in [2.75, 3.05) is 0 Å². The molecule has 1 heterocycles. The third kappa shape index (κ3) is 4.46. The lowest BCUT2D eigenvalue weighted by Crippen LogP contribution is -2.30. The van der Waals surface area contributed by atoms with Crippen LogP contribution in [0.15, 0.2) is 54.9 Å². The van der Waals surface area contributed by atoms with E-state index in [0.717, 1.165) is 5.56 Å². The number of carbonyl (C=O) groups is 2. The molecule has 6 nitrogen and oxygen atoms in total. The molecule has 0 unspecified atom stereocenters. The zero-order valence-corrected chi connectivity index (χ0v) is 12.1. The van der Waals surface area contributed by atoms with E-state index in [1.54, 1.807) is 0 Å². The van der Waals surface area contributed by atoms with Gasteiger partial charge in [-0.2, -0.15) is 5.90 Å². The minimum atomic E-state index is -1.03. The Labute approximate surface area is 128 Å². The highest BCUT2D eigenvalue weighted by Crippen LogP contribution is 2.12. The van der Waals surface area contributed by atoms with Gasteiger partial charge in [0.1, 0.15) is 6.61 Å². The van der Waals surface area contributed by atoms with Gasteiger partial charge in [0.2, 0.25) is 0 Å². The zero-order valence-electron chi connectivity index (χ0n) is 12.1. The van der Waals surface area contributed by atoms with Crippen molar-refractivity contribution in [3.05, 3.63) is 60.4 Å². The lowest BCUT2D eigenvalue weighted by molar-refractivity contribution is -0.163. The lowest BCUT2D eigenvalue weighted by atomic mass is 10.1. The molecule has 0 saturated heterocycles. The average Bonchev–Trinajstić information content (AvgIpc) is 3.07. The van der Waals surface area contributed by atoms with Crippen LogP contribution in [-0.2, 0) is 32.3 Å². The molecule has 1 aromatic heterocycles. The third-order valence-electron chi connectivity index (χ3n) is 3.25. The van der Waals surface area contributed by atoms with Crippen LogP contribution in [0, 0.1) is 5.92 Å². The number of ether oxygens (including phenoxy) is 1. The van der Waals surface area contributed by atoms with Crippen molar-refractivity contribution in [3.8, 4) is 0 Å². The molecule has 0 amide bonds. The van der Waals surface area contributed by atoms with Crippen molar-refractivity contribution >= 4 is 11.9 Å².